The van der Waals surface area contributed by atoms with Crippen LogP contribution in [0.2, 0.25) is 0 Å². The average Bonchev–Trinajstić information content (AvgIpc) is 3.15. The van der Waals surface area contributed by atoms with Crippen LogP contribution in [0.15, 0.2) is 54.3 Å². The summed E-state index contributed by atoms with van der Waals surface area (Å²) in [5, 5.41) is 7.28. The van der Waals surface area contributed by atoms with E-state index in [4.69, 9.17) is 4.74 Å². The van der Waals surface area contributed by atoms with Gasteiger partial charge in [-0.05, 0) is 29.1 Å². The number of methoxy groups -OCH3 is 1. The van der Waals surface area contributed by atoms with Gasteiger partial charge in [0, 0.05) is 18.9 Å². The fraction of sp³-hybridized carbons (Fsp3) is 0.111. The van der Waals surface area contributed by atoms with Crippen molar-refractivity contribution in [3.05, 3.63) is 70.4 Å². The van der Waals surface area contributed by atoms with Gasteiger partial charge in [0.05, 0.1) is 19.0 Å². The molecule has 0 fully saturated rings. The highest BCUT2D eigenvalue weighted by molar-refractivity contribution is 7.12. The molecular formula is C18H16N4O3S. The predicted octanol–water partition coefficient (Wildman–Crippen LogP) is 2.73. The number of anilines is 1. The number of ether oxygens (including phenoxy) is 1. The first-order valence-electron chi connectivity index (χ1n) is 7.73. The highest BCUT2D eigenvalue weighted by Crippen LogP contribution is 2.23. The van der Waals surface area contributed by atoms with Crippen molar-refractivity contribution in [2.75, 3.05) is 12.4 Å². The lowest BCUT2D eigenvalue weighted by Gasteiger charge is -2.08. The minimum Gasteiger partial charge on any atom is -0.497 e. The normalized spacial score (nSPS) is 10.2. The lowest BCUT2D eigenvalue weighted by atomic mass is 10.2. The Hall–Kier alpha value is -3.26. The van der Waals surface area contributed by atoms with Gasteiger partial charge in [0.1, 0.15) is 16.3 Å². The van der Waals surface area contributed by atoms with Crippen LogP contribution in [0.4, 0.5) is 5.69 Å². The third-order valence-electron chi connectivity index (χ3n) is 3.50. The van der Waals surface area contributed by atoms with E-state index in [1.807, 2.05) is 24.3 Å². The van der Waals surface area contributed by atoms with E-state index in [1.165, 1.54) is 29.9 Å². The van der Waals surface area contributed by atoms with E-state index in [9.17, 15) is 9.59 Å². The molecule has 0 aliphatic rings. The van der Waals surface area contributed by atoms with E-state index in [-0.39, 0.29) is 11.6 Å². The van der Waals surface area contributed by atoms with Crippen LogP contribution in [0.5, 0.6) is 5.75 Å². The number of thiophene rings is 1. The first-order chi connectivity index (χ1) is 12.7. The highest BCUT2D eigenvalue weighted by Gasteiger charge is 2.16. The van der Waals surface area contributed by atoms with Crippen molar-refractivity contribution >= 4 is 28.8 Å². The van der Waals surface area contributed by atoms with Crippen LogP contribution in [0.3, 0.4) is 0 Å². The summed E-state index contributed by atoms with van der Waals surface area (Å²) in [5.74, 6) is 0.0420. The van der Waals surface area contributed by atoms with Crippen molar-refractivity contribution in [1.29, 1.82) is 0 Å². The minimum atomic E-state index is -0.418. The average molecular weight is 368 g/mol. The zero-order chi connectivity index (χ0) is 18.4. The number of amides is 2. The number of benzene rings is 1. The first kappa shape index (κ1) is 17.6. The summed E-state index contributed by atoms with van der Waals surface area (Å²) in [6.45, 7) is 0.353. The number of nitrogens with zero attached hydrogens (tertiary/aromatic N) is 2. The summed E-state index contributed by atoms with van der Waals surface area (Å²) in [6.07, 6.45) is 4.29. The molecule has 1 aromatic carbocycles. The number of aromatic nitrogens is 2. The summed E-state index contributed by atoms with van der Waals surface area (Å²) < 4.78 is 5.17. The molecule has 0 saturated carbocycles. The Morgan fingerprint density at radius 1 is 1.19 bits per heavy atom. The molecule has 0 unspecified atom stereocenters. The standard InChI is InChI=1S/C18H16N4O3S/c1-25-13-4-2-3-12(9-13)10-21-18(24)16-14(5-8-26-16)22-17(23)15-11-19-6-7-20-15/h2-9,11H,10H2,1H3,(H,21,24)(H,22,23). The highest BCUT2D eigenvalue weighted by atomic mass is 32.1. The Morgan fingerprint density at radius 2 is 2.08 bits per heavy atom. The maximum absolute atomic E-state index is 12.5. The molecule has 26 heavy (non-hydrogen) atoms. The van der Waals surface area contributed by atoms with Gasteiger partial charge in [0.25, 0.3) is 11.8 Å². The van der Waals surface area contributed by atoms with Crippen molar-refractivity contribution in [3.8, 4) is 5.75 Å². The zero-order valence-electron chi connectivity index (χ0n) is 13.9. The monoisotopic (exact) mass is 368 g/mol. The fourth-order valence-electron chi connectivity index (χ4n) is 2.23. The number of hydrogen-bond donors (Lipinski definition) is 2. The second-order valence-electron chi connectivity index (χ2n) is 5.24. The fourth-order valence-corrected chi connectivity index (χ4v) is 3.00. The number of rotatable bonds is 6. The molecule has 0 aliphatic carbocycles. The molecule has 0 aliphatic heterocycles. The van der Waals surface area contributed by atoms with Crippen molar-refractivity contribution in [2.45, 2.75) is 6.54 Å². The van der Waals surface area contributed by atoms with Gasteiger partial charge in [-0.15, -0.1) is 11.3 Å². The maximum atomic E-state index is 12.5. The van der Waals surface area contributed by atoms with E-state index < -0.39 is 5.91 Å². The van der Waals surface area contributed by atoms with Crippen molar-refractivity contribution < 1.29 is 14.3 Å². The second kappa shape index (κ2) is 8.21. The molecule has 7 nitrogen and oxygen atoms in total. The van der Waals surface area contributed by atoms with Gasteiger partial charge in [0.15, 0.2) is 0 Å². The van der Waals surface area contributed by atoms with Gasteiger partial charge in [-0.2, -0.15) is 0 Å². The molecular weight excluding hydrogens is 352 g/mol. The van der Waals surface area contributed by atoms with Crippen LogP contribution in [0.25, 0.3) is 0 Å². The summed E-state index contributed by atoms with van der Waals surface area (Å²) in [5.41, 5.74) is 1.54. The van der Waals surface area contributed by atoms with Crippen LogP contribution in [0, 0.1) is 0 Å². The molecule has 3 rings (SSSR count). The molecule has 2 amide bonds. The molecule has 0 radical (unpaired) electrons. The molecule has 3 aromatic rings. The molecule has 0 atom stereocenters. The molecule has 2 aromatic heterocycles. The smallest absolute Gasteiger partial charge is 0.275 e. The van der Waals surface area contributed by atoms with Crippen LogP contribution in [-0.2, 0) is 6.54 Å². The summed E-state index contributed by atoms with van der Waals surface area (Å²) in [6, 6.07) is 9.13. The Labute approximate surface area is 154 Å². The Kier molecular flexibility index (Phi) is 5.55. The van der Waals surface area contributed by atoms with E-state index in [0.29, 0.717) is 17.1 Å². The van der Waals surface area contributed by atoms with E-state index >= 15 is 0 Å². The summed E-state index contributed by atoms with van der Waals surface area (Å²) in [7, 11) is 1.59. The maximum Gasteiger partial charge on any atom is 0.275 e. The third kappa shape index (κ3) is 4.22. The van der Waals surface area contributed by atoms with Gasteiger partial charge < -0.3 is 15.4 Å². The molecule has 8 heteroatoms. The Bertz CT molecular complexity index is 912. The van der Waals surface area contributed by atoms with Gasteiger partial charge in [-0.3, -0.25) is 14.6 Å². The quantitative estimate of drug-likeness (QED) is 0.698. The number of carbonyl (C=O) groups excluding carboxylic acids is 2. The molecule has 132 valence electrons. The summed E-state index contributed by atoms with van der Waals surface area (Å²) in [4.78, 5) is 32.9. The lowest BCUT2D eigenvalue weighted by Crippen LogP contribution is -2.23. The van der Waals surface area contributed by atoms with Crippen molar-refractivity contribution in [1.82, 2.24) is 15.3 Å². The minimum absolute atomic E-state index is 0.182. The van der Waals surface area contributed by atoms with E-state index in [0.717, 1.165) is 11.3 Å². The summed E-state index contributed by atoms with van der Waals surface area (Å²) >= 11 is 1.25. The number of nitrogens with one attached hydrogen (secondary N) is 2. The molecule has 0 saturated heterocycles. The van der Waals surface area contributed by atoms with Crippen LogP contribution >= 0.6 is 11.3 Å². The Balaban J connectivity index is 1.65. The second-order valence-corrected chi connectivity index (χ2v) is 6.16. The molecule has 0 spiro atoms. The first-order valence-corrected chi connectivity index (χ1v) is 8.61. The van der Waals surface area contributed by atoms with Crippen LogP contribution < -0.4 is 15.4 Å². The zero-order valence-corrected chi connectivity index (χ0v) is 14.7. The van der Waals surface area contributed by atoms with Gasteiger partial charge in [-0.1, -0.05) is 12.1 Å². The van der Waals surface area contributed by atoms with Crippen molar-refractivity contribution in [2.24, 2.45) is 0 Å². The lowest BCUT2D eigenvalue weighted by molar-refractivity contribution is 0.0955. The van der Waals surface area contributed by atoms with E-state index in [2.05, 4.69) is 20.6 Å². The van der Waals surface area contributed by atoms with Gasteiger partial charge >= 0.3 is 0 Å². The SMILES string of the molecule is COc1cccc(CNC(=O)c2sccc2NC(=O)c2cnccn2)c1. The molecule has 0 bridgehead atoms. The third-order valence-corrected chi connectivity index (χ3v) is 4.42. The molecule has 2 N–H and O–H groups in total. The van der Waals surface area contributed by atoms with Gasteiger partial charge in [0.2, 0.25) is 0 Å². The largest absolute Gasteiger partial charge is 0.497 e. The van der Waals surface area contributed by atoms with Crippen LogP contribution in [0.1, 0.15) is 25.7 Å². The molecule has 2 heterocycles. The van der Waals surface area contributed by atoms with Gasteiger partial charge in [-0.25, -0.2) is 4.98 Å². The van der Waals surface area contributed by atoms with Crippen molar-refractivity contribution in [3.63, 3.8) is 0 Å². The topological polar surface area (TPSA) is 93.2 Å². The number of carbonyl (C=O) groups is 2. The van der Waals surface area contributed by atoms with Crippen LogP contribution in [-0.4, -0.2) is 28.9 Å². The Morgan fingerprint density at radius 3 is 2.85 bits per heavy atom. The predicted molar refractivity (Wildman–Crippen MR) is 98.5 cm³/mol. The van der Waals surface area contributed by atoms with E-state index in [1.54, 1.807) is 18.6 Å². The number of hydrogen-bond acceptors (Lipinski definition) is 6.